The molecule has 6 aromatic carbocycles. The van der Waals surface area contributed by atoms with Crippen LogP contribution in [0.15, 0.2) is 155 Å². The fourth-order valence-corrected chi connectivity index (χ4v) is 14.2. The SMILES string of the molecule is COc1ccc(C(OCC2OC(n3cc(/C=C/C(=O)NCCCCCCNC(=O)c4ccc5c(c4)C4(OC5=O)c5ccc(OC(=O)C(C)(C)C)cc5Oc5cc(OC(=O)C(C)(C)C)ccc54)c(=O)[nH]c3=O)CC2OP(OCCC#N)N(C(C)C)C(C)C)(c2ccccc2)c2ccc(OC)cc2)cc1. The monoisotopic (exact) mass is 1420 g/mol. The van der Waals surface area contributed by atoms with Crippen LogP contribution in [0.3, 0.4) is 0 Å². The van der Waals surface area contributed by atoms with Gasteiger partial charge in [0.05, 0.1) is 68.0 Å². The molecule has 1 fully saturated rings. The second-order valence-corrected chi connectivity index (χ2v) is 29.4. The minimum atomic E-state index is -1.83. The fraction of sp³-hybridized carbons (Fsp3) is 0.392. The molecule has 1 aromatic heterocycles. The number of benzene rings is 6. The number of H-pyrrole nitrogens is 1. The summed E-state index contributed by atoms with van der Waals surface area (Å²) in [6, 6.07) is 41.4. The highest BCUT2D eigenvalue weighted by molar-refractivity contribution is 7.44. The van der Waals surface area contributed by atoms with Gasteiger partial charge in [-0.25, -0.2) is 14.3 Å². The lowest BCUT2D eigenvalue weighted by Crippen LogP contribution is -2.39. The molecule has 3 aliphatic heterocycles. The van der Waals surface area contributed by atoms with Gasteiger partial charge in [0, 0.05) is 78.3 Å². The molecule has 0 bridgehead atoms. The average molecular weight is 1430 g/mol. The predicted molar refractivity (Wildman–Crippen MR) is 386 cm³/mol. The zero-order chi connectivity index (χ0) is 74.0. The number of nitrogens with one attached hydrogen (secondary N) is 3. The smallest absolute Gasteiger partial charge is 0.340 e. The number of carbonyl (C=O) groups is 5. The van der Waals surface area contributed by atoms with Crippen LogP contribution < -0.4 is 45.6 Å². The van der Waals surface area contributed by atoms with Crippen molar-refractivity contribution in [3.05, 3.63) is 217 Å². The molecule has 10 rings (SSSR count). The van der Waals surface area contributed by atoms with Crippen molar-refractivity contribution in [1.29, 1.82) is 5.26 Å². The molecular formula is C79H89N6O17P. The van der Waals surface area contributed by atoms with E-state index < -0.39 is 90.0 Å². The van der Waals surface area contributed by atoms with E-state index in [4.69, 9.17) is 46.9 Å². The first-order valence-electron chi connectivity index (χ1n) is 34.5. The second-order valence-electron chi connectivity index (χ2n) is 27.9. The van der Waals surface area contributed by atoms with E-state index in [1.165, 1.54) is 35.0 Å². The van der Waals surface area contributed by atoms with Gasteiger partial charge in [-0.15, -0.1) is 0 Å². The number of rotatable bonds is 29. The Morgan fingerprint density at radius 1 is 0.709 bits per heavy atom. The van der Waals surface area contributed by atoms with Crippen molar-refractivity contribution in [2.75, 3.05) is 40.5 Å². The quantitative estimate of drug-likeness (QED) is 0.00980. The zero-order valence-electron chi connectivity index (χ0n) is 60.1. The number of ether oxygens (including phenoxy) is 8. The molecule has 2 amide bonds. The van der Waals surface area contributed by atoms with E-state index in [2.05, 4.69) is 26.4 Å². The molecule has 4 heterocycles. The van der Waals surface area contributed by atoms with Crippen molar-refractivity contribution >= 4 is 44.3 Å². The Kier molecular flexibility index (Phi) is 24.1. The Labute approximate surface area is 600 Å². The van der Waals surface area contributed by atoms with Gasteiger partial charge in [0.2, 0.25) is 5.91 Å². The highest BCUT2D eigenvalue weighted by Gasteiger charge is 2.54. The predicted octanol–water partition coefficient (Wildman–Crippen LogP) is 13.1. The number of fused-ring (bicyclic) bond motifs is 6. The van der Waals surface area contributed by atoms with Gasteiger partial charge < -0.3 is 57.6 Å². The molecule has 4 unspecified atom stereocenters. The molecule has 4 atom stereocenters. The summed E-state index contributed by atoms with van der Waals surface area (Å²) in [5, 5.41) is 15.4. The van der Waals surface area contributed by atoms with E-state index in [1.54, 1.807) is 98.2 Å². The number of esters is 3. The molecule has 1 saturated heterocycles. The summed E-state index contributed by atoms with van der Waals surface area (Å²) in [6.07, 6.45) is 4.12. The van der Waals surface area contributed by atoms with E-state index in [0.29, 0.717) is 67.0 Å². The van der Waals surface area contributed by atoms with Crippen LogP contribution in [0, 0.1) is 22.2 Å². The highest BCUT2D eigenvalue weighted by atomic mass is 31.2. The number of carbonyl (C=O) groups excluding carboxylic acids is 5. The van der Waals surface area contributed by atoms with Gasteiger partial charge in [-0.3, -0.25) is 33.5 Å². The summed E-state index contributed by atoms with van der Waals surface area (Å²) >= 11 is 0. The van der Waals surface area contributed by atoms with Crippen molar-refractivity contribution in [2.24, 2.45) is 10.8 Å². The third-order valence-electron chi connectivity index (χ3n) is 17.8. The maximum atomic E-state index is 13.9. The summed E-state index contributed by atoms with van der Waals surface area (Å²) in [6.45, 7) is 19.2. The Hall–Kier alpha value is -9.79. The second kappa shape index (κ2) is 32.7. The minimum absolute atomic E-state index is 0.0135. The van der Waals surface area contributed by atoms with Crippen molar-refractivity contribution in [3.8, 4) is 40.6 Å². The minimum Gasteiger partial charge on any atom is -0.497 e. The number of nitrogens with zero attached hydrogens (tertiary/aromatic N) is 3. The van der Waals surface area contributed by atoms with E-state index in [9.17, 15) is 38.8 Å². The van der Waals surface area contributed by atoms with Gasteiger partial charge in [-0.05, 0) is 172 Å². The summed E-state index contributed by atoms with van der Waals surface area (Å²) in [4.78, 5) is 96.9. The normalized spacial score (nSPS) is 16.3. The lowest BCUT2D eigenvalue weighted by molar-refractivity contribution is -0.143. The topological polar surface area (TPSA) is 284 Å². The molecule has 103 heavy (non-hydrogen) atoms. The van der Waals surface area contributed by atoms with Crippen LogP contribution in [-0.2, 0) is 48.8 Å². The highest BCUT2D eigenvalue weighted by Crippen LogP contribution is 2.58. The lowest BCUT2D eigenvalue weighted by Gasteiger charge is -2.39. The number of amides is 2. The zero-order valence-corrected chi connectivity index (χ0v) is 61.0. The lowest BCUT2D eigenvalue weighted by atomic mass is 9.77. The van der Waals surface area contributed by atoms with Gasteiger partial charge >= 0.3 is 23.6 Å². The number of aromatic amines is 1. The Morgan fingerprint density at radius 3 is 1.81 bits per heavy atom. The summed E-state index contributed by atoms with van der Waals surface area (Å²) in [7, 11) is 1.37. The summed E-state index contributed by atoms with van der Waals surface area (Å²) in [5.74, 6) is -0.397. The number of unbranched alkanes of at least 4 members (excludes halogenated alkanes) is 3. The van der Waals surface area contributed by atoms with Gasteiger partial charge in [0.15, 0.2) is 5.60 Å². The Bertz CT molecular complexity index is 4290. The van der Waals surface area contributed by atoms with Gasteiger partial charge in [0.25, 0.3) is 20.0 Å². The largest absolute Gasteiger partial charge is 0.497 e. The van der Waals surface area contributed by atoms with Crippen LogP contribution in [0.1, 0.15) is 174 Å². The Morgan fingerprint density at radius 2 is 1.26 bits per heavy atom. The van der Waals surface area contributed by atoms with Crippen LogP contribution in [0.5, 0.6) is 34.5 Å². The van der Waals surface area contributed by atoms with Crippen LogP contribution in [0.2, 0.25) is 0 Å². The molecule has 3 N–H and O–H groups in total. The van der Waals surface area contributed by atoms with Crippen molar-refractivity contribution in [3.63, 3.8) is 0 Å². The average Bonchev–Trinajstić information content (AvgIpc) is 1.60. The Balaban J connectivity index is 0.795. The summed E-state index contributed by atoms with van der Waals surface area (Å²) in [5.41, 5.74) is -1.94. The molecule has 7 aromatic rings. The van der Waals surface area contributed by atoms with Crippen LogP contribution >= 0.6 is 8.53 Å². The van der Waals surface area contributed by atoms with Crippen molar-refractivity contribution < 1.29 is 70.9 Å². The first kappa shape index (κ1) is 75.9. The number of hydrogen-bond donors (Lipinski definition) is 3. The van der Waals surface area contributed by atoms with Gasteiger partial charge in [-0.1, -0.05) is 67.4 Å². The molecular weight excluding hydrogens is 1340 g/mol. The third kappa shape index (κ3) is 17.1. The molecule has 0 radical (unpaired) electrons. The van der Waals surface area contributed by atoms with E-state index >= 15 is 0 Å². The molecule has 0 aliphatic carbocycles. The van der Waals surface area contributed by atoms with Crippen molar-refractivity contribution in [1.82, 2.24) is 24.9 Å². The number of aromatic nitrogens is 2. The van der Waals surface area contributed by atoms with E-state index in [0.717, 1.165) is 16.7 Å². The molecule has 0 saturated carbocycles. The standard InChI is InChI=1S/C79H89N6O17P/c1-49(2)85(50(3)4)103(96-42-20-39-80)102-66-46-69(100-67(66)48-95-78(53-21-16-15-17-22-53,54-25-29-56(93-11)30-26-54)55-27-31-57(94-12)32-28-55)84-47-52(71(88)83-75(84)92)24-38-68(86)81-40-18-13-14-19-41-82-70(87)51-23-35-60-63(43-51)79(101-72(60)89)61-36-33-58(97-73(90)76(5,6)7)44-64(61)99-65-45-59(34-37-62(65)79)98-74(91)77(8,9)10/h15-17,21-38,43-45,47,49-50,66-67,69H,13-14,18-20,40-42,46,48H2,1-12H3,(H,81,86)(H,82,87)(H,83,88,92)/b38-24+. The first-order valence-corrected chi connectivity index (χ1v) is 35.6. The number of nitriles is 1. The number of methoxy groups -OCH3 is 2. The molecule has 3 aliphatic rings. The maximum absolute atomic E-state index is 13.9. The maximum Gasteiger partial charge on any atom is 0.340 e. The molecule has 542 valence electrons. The molecule has 23 nitrogen and oxygen atoms in total. The van der Waals surface area contributed by atoms with E-state index in [1.807, 2.05) is 107 Å². The van der Waals surface area contributed by atoms with Gasteiger partial charge in [-0.2, -0.15) is 5.26 Å². The number of hydrogen-bond acceptors (Lipinski definition) is 19. The third-order valence-corrected chi connectivity index (χ3v) is 19.9. The van der Waals surface area contributed by atoms with Gasteiger partial charge in [0.1, 0.15) is 52.4 Å². The fourth-order valence-electron chi connectivity index (χ4n) is 12.5. The summed E-state index contributed by atoms with van der Waals surface area (Å²) < 4.78 is 66.4. The first-order chi connectivity index (χ1) is 49.2. The van der Waals surface area contributed by atoms with E-state index in [-0.39, 0.29) is 77.8 Å². The molecule has 24 heteroatoms. The van der Waals surface area contributed by atoms with Crippen LogP contribution in [-0.4, -0.2) is 109 Å². The van der Waals surface area contributed by atoms with Crippen LogP contribution in [0.25, 0.3) is 6.08 Å². The van der Waals surface area contributed by atoms with Crippen LogP contribution in [0.4, 0.5) is 0 Å². The molecule has 1 spiro atoms. The van der Waals surface area contributed by atoms with Crippen molar-refractivity contribution in [2.45, 2.75) is 149 Å².